The van der Waals surface area contributed by atoms with Crippen molar-refractivity contribution in [1.29, 1.82) is 0 Å². The Bertz CT molecular complexity index is 482. The van der Waals surface area contributed by atoms with Gasteiger partial charge in [0.1, 0.15) is 11.7 Å². The number of aromatic nitrogens is 1. The van der Waals surface area contributed by atoms with Crippen molar-refractivity contribution in [3.8, 4) is 0 Å². The molecule has 0 radical (unpaired) electrons. The molecule has 1 aromatic heterocycles. The van der Waals surface area contributed by atoms with E-state index in [0.717, 1.165) is 37.3 Å². The molecule has 5 nitrogen and oxygen atoms in total. The van der Waals surface area contributed by atoms with E-state index in [0.29, 0.717) is 6.42 Å². The van der Waals surface area contributed by atoms with Gasteiger partial charge in [0.25, 0.3) is 0 Å². The fourth-order valence-corrected chi connectivity index (χ4v) is 2.45. The summed E-state index contributed by atoms with van der Waals surface area (Å²) in [6, 6.07) is 4.26. The summed E-state index contributed by atoms with van der Waals surface area (Å²) < 4.78 is 0. The summed E-state index contributed by atoms with van der Waals surface area (Å²) in [4.78, 5) is 4.68. The van der Waals surface area contributed by atoms with Crippen LogP contribution >= 0.6 is 0 Å². The van der Waals surface area contributed by atoms with Crippen molar-refractivity contribution in [2.75, 3.05) is 11.9 Å². The number of hydrogen-bond donors (Lipinski definition) is 3. The second-order valence-corrected chi connectivity index (χ2v) is 5.70. The first-order valence-corrected chi connectivity index (χ1v) is 6.73. The van der Waals surface area contributed by atoms with Gasteiger partial charge in [-0.1, -0.05) is 25.1 Å². The third kappa shape index (κ3) is 3.16. The molecule has 0 spiro atoms. The van der Waals surface area contributed by atoms with Crippen LogP contribution in [0.1, 0.15) is 44.4 Å². The summed E-state index contributed by atoms with van der Waals surface area (Å²) in [6.07, 6.45) is 3.40. The van der Waals surface area contributed by atoms with Crippen LogP contribution in [0.25, 0.3) is 0 Å². The zero-order chi connectivity index (χ0) is 13.9. The predicted molar refractivity (Wildman–Crippen MR) is 76.7 cm³/mol. The molecular weight excluding hydrogens is 240 g/mol. The largest absolute Gasteiger partial charge is 0.409 e. The topological polar surface area (TPSA) is 83.5 Å². The van der Waals surface area contributed by atoms with Gasteiger partial charge in [-0.15, -0.1) is 0 Å². The number of nitrogens with two attached hydrogens (primary N) is 1. The second kappa shape index (κ2) is 5.47. The van der Waals surface area contributed by atoms with Gasteiger partial charge in [0.15, 0.2) is 0 Å². The van der Waals surface area contributed by atoms with Crippen LogP contribution < -0.4 is 11.1 Å². The Morgan fingerprint density at radius 1 is 1.53 bits per heavy atom. The number of nitrogens with zero attached hydrogens (tertiary/aromatic N) is 2. The lowest BCUT2D eigenvalue weighted by Gasteiger charge is -2.32. The Morgan fingerprint density at radius 2 is 2.32 bits per heavy atom. The normalized spacial score (nSPS) is 17.7. The van der Waals surface area contributed by atoms with Gasteiger partial charge in [0.2, 0.25) is 0 Å². The fourth-order valence-electron chi connectivity index (χ4n) is 2.45. The molecule has 19 heavy (non-hydrogen) atoms. The molecule has 0 unspecified atom stereocenters. The molecule has 5 heteroatoms. The quantitative estimate of drug-likeness (QED) is 0.336. The molecule has 0 aliphatic carbocycles. The highest BCUT2D eigenvalue weighted by Crippen LogP contribution is 2.35. The van der Waals surface area contributed by atoms with Crippen molar-refractivity contribution in [1.82, 2.24) is 4.98 Å². The van der Waals surface area contributed by atoms with E-state index in [1.54, 1.807) is 0 Å². The van der Waals surface area contributed by atoms with E-state index in [9.17, 15) is 0 Å². The molecule has 0 atom stereocenters. The van der Waals surface area contributed by atoms with Crippen molar-refractivity contribution in [3.63, 3.8) is 0 Å². The number of hydrogen-bond acceptors (Lipinski definition) is 4. The first-order chi connectivity index (χ1) is 9.03. The lowest BCUT2D eigenvalue weighted by atomic mass is 9.79. The Morgan fingerprint density at radius 3 is 3.05 bits per heavy atom. The molecule has 2 rings (SSSR count). The van der Waals surface area contributed by atoms with Crippen LogP contribution in [0.3, 0.4) is 0 Å². The van der Waals surface area contributed by atoms with E-state index >= 15 is 0 Å². The van der Waals surface area contributed by atoms with Gasteiger partial charge in [0.05, 0.1) is 0 Å². The predicted octanol–water partition coefficient (Wildman–Crippen LogP) is 2.24. The van der Waals surface area contributed by atoms with Crippen molar-refractivity contribution in [2.24, 2.45) is 10.9 Å². The number of anilines is 1. The standard InChI is InChI=1S/C14H22N4O/c1-14(2)8-9-16-13-11(14)7-6-10(17-13)4-3-5-12(15)18-19/h6-7,19H,3-5,8-9H2,1-2H3,(H2,15,18)(H,16,17). The number of fused-ring (bicyclic) bond motifs is 1. The molecule has 0 aromatic carbocycles. The van der Waals surface area contributed by atoms with E-state index < -0.39 is 0 Å². The van der Waals surface area contributed by atoms with Crippen LogP contribution in [0.5, 0.6) is 0 Å². The molecular formula is C14H22N4O. The maximum atomic E-state index is 8.49. The van der Waals surface area contributed by atoms with Gasteiger partial charge >= 0.3 is 0 Å². The third-order valence-electron chi connectivity index (χ3n) is 3.72. The number of aryl methyl sites for hydroxylation is 1. The lowest BCUT2D eigenvalue weighted by molar-refractivity contribution is 0.316. The zero-order valence-electron chi connectivity index (χ0n) is 11.6. The summed E-state index contributed by atoms with van der Waals surface area (Å²) in [6.45, 7) is 5.49. The summed E-state index contributed by atoms with van der Waals surface area (Å²) in [7, 11) is 0. The fraction of sp³-hybridized carbons (Fsp3) is 0.571. The number of oxime groups is 1. The van der Waals surface area contributed by atoms with Crippen LogP contribution in [0.2, 0.25) is 0 Å². The van der Waals surface area contributed by atoms with Gasteiger partial charge in [-0.2, -0.15) is 0 Å². The lowest BCUT2D eigenvalue weighted by Crippen LogP contribution is -2.29. The Balaban J connectivity index is 2.05. The van der Waals surface area contributed by atoms with Crippen LogP contribution in [-0.4, -0.2) is 22.6 Å². The van der Waals surface area contributed by atoms with E-state index in [1.165, 1.54) is 5.56 Å². The highest BCUT2D eigenvalue weighted by Gasteiger charge is 2.27. The second-order valence-electron chi connectivity index (χ2n) is 5.70. The van der Waals surface area contributed by atoms with Crippen molar-refractivity contribution in [2.45, 2.75) is 44.9 Å². The summed E-state index contributed by atoms with van der Waals surface area (Å²) in [5, 5.41) is 14.8. The Labute approximate surface area is 113 Å². The number of nitrogens with one attached hydrogen (secondary N) is 1. The van der Waals surface area contributed by atoms with Crippen molar-refractivity contribution >= 4 is 11.7 Å². The molecule has 1 aliphatic rings. The van der Waals surface area contributed by atoms with Crippen molar-refractivity contribution in [3.05, 3.63) is 23.4 Å². The molecule has 4 N–H and O–H groups in total. The van der Waals surface area contributed by atoms with E-state index in [4.69, 9.17) is 10.9 Å². The van der Waals surface area contributed by atoms with E-state index in [2.05, 4.69) is 41.4 Å². The first kappa shape index (κ1) is 13.6. The summed E-state index contributed by atoms with van der Waals surface area (Å²) in [5.74, 6) is 1.29. The van der Waals surface area contributed by atoms with Gasteiger partial charge in [-0.05, 0) is 30.7 Å². The minimum Gasteiger partial charge on any atom is -0.409 e. The Hall–Kier alpha value is -1.78. The van der Waals surface area contributed by atoms with Crippen molar-refractivity contribution < 1.29 is 5.21 Å². The highest BCUT2D eigenvalue weighted by atomic mass is 16.4. The molecule has 2 heterocycles. The number of rotatable bonds is 4. The summed E-state index contributed by atoms with van der Waals surface area (Å²) >= 11 is 0. The monoisotopic (exact) mass is 262 g/mol. The molecule has 0 fully saturated rings. The molecule has 0 bridgehead atoms. The van der Waals surface area contributed by atoms with Crippen LogP contribution in [0.15, 0.2) is 17.3 Å². The van der Waals surface area contributed by atoms with Gasteiger partial charge in [0, 0.05) is 24.2 Å². The molecule has 1 aliphatic heterocycles. The average Bonchev–Trinajstić information content (AvgIpc) is 2.38. The smallest absolute Gasteiger partial charge is 0.139 e. The van der Waals surface area contributed by atoms with Crippen LogP contribution in [-0.2, 0) is 11.8 Å². The summed E-state index contributed by atoms with van der Waals surface area (Å²) in [5.41, 5.74) is 7.99. The average molecular weight is 262 g/mol. The van der Waals surface area contributed by atoms with Crippen LogP contribution in [0, 0.1) is 0 Å². The molecule has 1 aromatic rings. The number of amidine groups is 1. The Kier molecular flexibility index (Phi) is 3.93. The number of pyridine rings is 1. The van der Waals surface area contributed by atoms with Gasteiger partial charge in [-0.25, -0.2) is 4.98 Å². The highest BCUT2D eigenvalue weighted by molar-refractivity contribution is 5.79. The SMILES string of the molecule is CC1(C)CCNc2nc(CCC/C(N)=N/O)ccc21. The van der Waals surface area contributed by atoms with E-state index in [1.807, 2.05) is 0 Å². The minimum atomic E-state index is 0.195. The molecule has 0 amide bonds. The van der Waals surface area contributed by atoms with Crippen LogP contribution in [0.4, 0.5) is 5.82 Å². The minimum absolute atomic E-state index is 0.195. The maximum Gasteiger partial charge on any atom is 0.139 e. The van der Waals surface area contributed by atoms with Gasteiger partial charge in [-0.3, -0.25) is 0 Å². The van der Waals surface area contributed by atoms with Gasteiger partial charge < -0.3 is 16.3 Å². The molecule has 0 saturated carbocycles. The molecule has 0 saturated heterocycles. The zero-order valence-corrected chi connectivity index (χ0v) is 11.6. The maximum absolute atomic E-state index is 8.49. The third-order valence-corrected chi connectivity index (χ3v) is 3.72. The first-order valence-electron chi connectivity index (χ1n) is 6.73. The van der Waals surface area contributed by atoms with E-state index in [-0.39, 0.29) is 11.3 Å². The molecule has 104 valence electrons.